The van der Waals surface area contributed by atoms with Crippen LogP contribution in [0.4, 0.5) is 0 Å². The van der Waals surface area contributed by atoms with Crippen molar-refractivity contribution in [3.63, 3.8) is 0 Å². The molecule has 1 aromatic carbocycles. The predicted octanol–water partition coefficient (Wildman–Crippen LogP) is 3.68. The normalized spacial score (nSPS) is 16.8. The topological polar surface area (TPSA) is 52.2 Å². The summed E-state index contributed by atoms with van der Waals surface area (Å²) in [7, 11) is 0. The first-order valence-electron chi connectivity index (χ1n) is 8.93. The molecule has 0 unspecified atom stereocenters. The lowest BCUT2D eigenvalue weighted by molar-refractivity contribution is 0.0569. The minimum Gasteiger partial charge on any atom is -0.335 e. The van der Waals surface area contributed by atoms with Gasteiger partial charge < -0.3 is 4.90 Å². The highest BCUT2D eigenvalue weighted by Crippen LogP contribution is 2.21. The quantitative estimate of drug-likeness (QED) is 0.884. The van der Waals surface area contributed by atoms with Gasteiger partial charge in [0.25, 0.3) is 5.91 Å². The zero-order valence-electron chi connectivity index (χ0n) is 14.8. The van der Waals surface area contributed by atoms with Crippen LogP contribution in [0.3, 0.4) is 0 Å². The fourth-order valence-electron chi connectivity index (χ4n) is 3.34. The van der Waals surface area contributed by atoms with Crippen molar-refractivity contribution in [2.75, 3.05) is 26.2 Å². The SMILES string of the molecule is CCC[C@@H](C)N1CCN(C(=O)c2cc(-c3ccc(Cl)cc3)n[nH]2)CC1. The lowest BCUT2D eigenvalue weighted by atomic mass is 10.1. The third kappa shape index (κ3) is 4.22. The zero-order valence-corrected chi connectivity index (χ0v) is 15.6. The molecule has 1 fully saturated rings. The minimum atomic E-state index is 0.0236. The third-order valence-electron chi connectivity index (χ3n) is 4.88. The molecule has 0 bridgehead atoms. The first kappa shape index (κ1) is 18.0. The molecular weight excluding hydrogens is 336 g/mol. The zero-order chi connectivity index (χ0) is 17.8. The van der Waals surface area contributed by atoms with E-state index in [0.29, 0.717) is 16.8 Å². The second-order valence-electron chi connectivity index (χ2n) is 6.64. The number of benzene rings is 1. The Morgan fingerprint density at radius 3 is 2.56 bits per heavy atom. The van der Waals surface area contributed by atoms with Gasteiger partial charge in [0.05, 0.1) is 5.69 Å². The summed E-state index contributed by atoms with van der Waals surface area (Å²) in [5, 5.41) is 7.84. The van der Waals surface area contributed by atoms with E-state index in [0.717, 1.165) is 37.4 Å². The van der Waals surface area contributed by atoms with Crippen LogP contribution >= 0.6 is 11.6 Å². The van der Waals surface area contributed by atoms with E-state index in [1.54, 1.807) is 0 Å². The van der Waals surface area contributed by atoms with Crippen LogP contribution in [0.1, 0.15) is 37.2 Å². The largest absolute Gasteiger partial charge is 0.335 e. The predicted molar refractivity (Wildman–Crippen MR) is 101 cm³/mol. The van der Waals surface area contributed by atoms with E-state index in [9.17, 15) is 4.79 Å². The Balaban J connectivity index is 1.62. The van der Waals surface area contributed by atoms with Gasteiger partial charge in [0.2, 0.25) is 0 Å². The molecule has 3 rings (SSSR count). The Morgan fingerprint density at radius 1 is 1.24 bits per heavy atom. The van der Waals surface area contributed by atoms with Crippen LogP contribution < -0.4 is 0 Å². The Hall–Kier alpha value is -1.85. The molecule has 1 aliphatic rings. The molecule has 0 radical (unpaired) electrons. The molecule has 1 atom stereocenters. The molecule has 6 heteroatoms. The van der Waals surface area contributed by atoms with Gasteiger partial charge in [0.15, 0.2) is 0 Å². The molecule has 2 aromatic rings. The van der Waals surface area contributed by atoms with Crippen molar-refractivity contribution in [3.05, 3.63) is 41.0 Å². The van der Waals surface area contributed by atoms with E-state index in [2.05, 4.69) is 28.9 Å². The number of hydrogen-bond donors (Lipinski definition) is 1. The summed E-state index contributed by atoms with van der Waals surface area (Å²) in [4.78, 5) is 17.1. The van der Waals surface area contributed by atoms with Crippen LogP contribution in [0, 0.1) is 0 Å². The fourth-order valence-corrected chi connectivity index (χ4v) is 3.46. The molecule has 134 valence electrons. The Bertz CT molecular complexity index is 704. The highest BCUT2D eigenvalue weighted by Gasteiger charge is 2.25. The van der Waals surface area contributed by atoms with Crippen LogP contribution in [-0.2, 0) is 0 Å². The molecule has 1 saturated heterocycles. The highest BCUT2D eigenvalue weighted by atomic mass is 35.5. The van der Waals surface area contributed by atoms with Gasteiger partial charge in [-0.3, -0.25) is 14.8 Å². The van der Waals surface area contributed by atoms with Crippen LogP contribution in [0.5, 0.6) is 0 Å². The Kier molecular flexibility index (Phi) is 5.76. The number of H-pyrrole nitrogens is 1. The highest BCUT2D eigenvalue weighted by molar-refractivity contribution is 6.30. The molecule has 5 nitrogen and oxygen atoms in total. The van der Waals surface area contributed by atoms with Crippen LogP contribution in [0.25, 0.3) is 11.3 Å². The number of rotatable bonds is 5. The summed E-state index contributed by atoms with van der Waals surface area (Å²) in [5.74, 6) is 0.0236. The molecule has 0 spiro atoms. The number of halogens is 1. The van der Waals surface area contributed by atoms with Gasteiger partial charge in [-0.2, -0.15) is 5.10 Å². The van der Waals surface area contributed by atoms with E-state index in [-0.39, 0.29) is 5.91 Å². The molecular formula is C19H25ClN4O. The van der Waals surface area contributed by atoms with Crippen molar-refractivity contribution in [1.82, 2.24) is 20.0 Å². The molecule has 0 aliphatic carbocycles. The maximum Gasteiger partial charge on any atom is 0.271 e. The second-order valence-corrected chi connectivity index (χ2v) is 7.08. The summed E-state index contributed by atoms with van der Waals surface area (Å²) >= 11 is 5.92. The Morgan fingerprint density at radius 2 is 1.92 bits per heavy atom. The van der Waals surface area contributed by atoms with E-state index in [1.165, 1.54) is 12.8 Å². The molecule has 1 N–H and O–H groups in total. The van der Waals surface area contributed by atoms with E-state index in [4.69, 9.17) is 11.6 Å². The summed E-state index contributed by atoms with van der Waals surface area (Å²) in [6.45, 7) is 7.89. The molecule has 2 heterocycles. The third-order valence-corrected chi connectivity index (χ3v) is 5.13. The number of carbonyl (C=O) groups is 1. The number of piperazine rings is 1. The number of amides is 1. The second kappa shape index (κ2) is 8.02. The fraction of sp³-hybridized carbons (Fsp3) is 0.474. The average molecular weight is 361 g/mol. The summed E-state index contributed by atoms with van der Waals surface area (Å²) < 4.78 is 0. The van der Waals surface area contributed by atoms with E-state index >= 15 is 0 Å². The number of aromatic nitrogens is 2. The average Bonchev–Trinajstić information content (AvgIpc) is 3.12. The lowest BCUT2D eigenvalue weighted by Gasteiger charge is -2.37. The van der Waals surface area contributed by atoms with Crippen molar-refractivity contribution >= 4 is 17.5 Å². The van der Waals surface area contributed by atoms with Gasteiger partial charge in [-0.25, -0.2) is 0 Å². The number of aromatic amines is 1. The first-order chi connectivity index (χ1) is 12.1. The van der Waals surface area contributed by atoms with Crippen molar-refractivity contribution < 1.29 is 4.79 Å². The lowest BCUT2D eigenvalue weighted by Crippen LogP contribution is -2.51. The maximum absolute atomic E-state index is 12.7. The summed E-state index contributed by atoms with van der Waals surface area (Å²) in [6.07, 6.45) is 2.40. The number of carbonyl (C=O) groups excluding carboxylic acids is 1. The van der Waals surface area contributed by atoms with Gasteiger partial charge in [0.1, 0.15) is 5.69 Å². The Labute approximate surface area is 154 Å². The van der Waals surface area contributed by atoms with E-state index < -0.39 is 0 Å². The molecule has 1 aromatic heterocycles. The van der Waals surface area contributed by atoms with Crippen LogP contribution in [0.15, 0.2) is 30.3 Å². The standard InChI is InChI=1S/C19H25ClN4O/c1-3-4-14(2)23-9-11-24(12-10-23)19(25)18-13-17(21-22-18)15-5-7-16(20)8-6-15/h5-8,13-14H,3-4,9-12H2,1-2H3,(H,21,22)/t14-/m1/s1. The monoisotopic (exact) mass is 360 g/mol. The number of nitrogens with one attached hydrogen (secondary N) is 1. The van der Waals surface area contributed by atoms with Gasteiger partial charge in [0, 0.05) is 42.8 Å². The number of hydrogen-bond acceptors (Lipinski definition) is 3. The molecule has 25 heavy (non-hydrogen) atoms. The summed E-state index contributed by atoms with van der Waals surface area (Å²) in [6, 6.07) is 9.86. The van der Waals surface area contributed by atoms with Gasteiger partial charge in [-0.15, -0.1) is 0 Å². The van der Waals surface area contributed by atoms with Crippen molar-refractivity contribution in [1.29, 1.82) is 0 Å². The van der Waals surface area contributed by atoms with Crippen molar-refractivity contribution in [3.8, 4) is 11.3 Å². The van der Waals surface area contributed by atoms with Crippen molar-refractivity contribution in [2.45, 2.75) is 32.7 Å². The van der Waals surface area contributed by atoms with Crippen molar-refractivity contribution in [2.24, 2.45) is 0 Å². The minimum absolute atomic E-state index is 0.0236. The van der Waals surface area contributed by atoms with Crippen LogP contribution in [0.2, 0.25) is 5.02 Å². The molecule has 1 amide bonds. The van der Waals surface area contributed by atoms with Crippen LogP contribution in [-0.4, -0.2) is 58.1 Å². The number of nitrogens with zero attached hydrogens (tertiary/aromatic N) is 3. The first-order valence-corrected chi connectivity index (χ1v) is 9.31. The summed E-state index contributed by atoms with van der Waals surface area (Å²) in [5.41, 5.74) is 2.24. The van der Waals surface area contributed by atoms with E-state index in [1.807, 2.05) is 35.2 Å². The van der Waals surface area contributed by atoms with Gasteiger partial charge in [-0.05, 0) is 31.5 Å². The maximum atomic E-state index is 12.7. The van der Waals surface area contributed by atoms with Gasteiger partial charge >= 0.3 is 0 Å². The van der Waals surface area contributed by atoms with Gasteiger partial charge in [-0.1, -0.05) is 37.1 Å². The molecule has 1 aliphatic heterocycles. The molecule has 0 saturated carbocycles. The smallest absolute Gasteiger partial charge is 0.271 e.